The van der Waals surface area contributed by atoms with Gasteiger partial charge in [-0.2, -0.15) is 0 Å². The molecule has 84 valence electrons. The van der Waals surface area contributed by atoms with Crippen molar-refractivity contribution in [2.75, 3.05) is 11.9 Å². The van der Waals surface area contributed by atoms with Crippen molar-refractivity contribution in [3.8, 4) is 5.75 Å². The molecule has 0 bridgehead atoms. The number of carbonyl (C=O) groups is 1. The lowest BCUT2D eigenvalue weighted by Gasteiger charge is -2.08. The molecule has 1 amide bonds. The second-order valence-corrected chi connectivity index (χ2v) is 2.73. The minimum atomic E-state index is -1.43. The molecule has 1 aromatic rings. The molecule has 15 heavy (non-hydrogen) atoms. The molecule has 0 saturated carbocycles. The maximum absolute atomic E-state index is 11.0. The first-order chi connectivity index (χ1) is 6.63. The van der Waals surface area contributed by atoms with E-state index in [4.69, 9.17) is 15.3 Å². The summed E-state index contributed by atoms with van der Waals surface area (Å²) >= 11 is 0. The number of amides is 1. The van der Waals surface area contributed by atoms with E-state index in [-0.39, 0.29) is 11.2 Å². The lowest BCUT2D eigenvalue weighted by Crippen LogP contribution is -2.30. The number of rotatable bonds is 3. The van der Waals surface area contributed by atoms with Crippen LogP contribution < -0.4 is 5.32 Å². The van der Waals surface area contributed by atoms with E-state index < -0.39 is 18.6 Å². The molecule has 1 atom stereocenters. The summed E-state index contributed by atoms with van der Waals surface area (Å²) in [6.07, 6.45) is -1.43. The van der Waals surface area contributed by atoms with Gasteiger partial charge in [-0.25, -0.2) is 0 Å². The number of hydrogen-bond acceptors (Lipinski definition) is 4. The quantitative estimate of drug-likeness (QED) is 0.476. The van der Waals surface area contributed by atoms with E-state index in [9.17, 15) is 4.79 Å². The van der Waals surface area contributed by atoms with Crippen LogP contribution in [0.5, 0.6) is 5.75 Å². The zero-order valence-corrected chi connectivity index (χ0v) is 7.84. The molecule has 0 spiro atoms. The monoisotopic (exact) mass is 215 g/mol. The first-order valence-electron chi connectivity index (χ1n) is 4.02. The maximum Gasteiger partial charge on any atom is 0.255 e. The Morgan fingerprint density at radius 2 is 1.87 bits per heavy atom. The van der Waals surface area contributed by atoms with Gasteiger partial charge in [0.1, 0.15) is 5.75 Å². The molecule has 1 unspecified atom stereocenters. The molecule has 0 aliphatic rings. The van der Waals surface area contributed by atoms with Crippen molar-refractivity contribution in [3.63, 3.8) is 0 Å². The Bertz CT molecular complexity index is 311. The van der Waals surface area contributed by atoms with Crippen molar-refractivity contribution in [2.24, 2.45) is 0 Å². The van der Waals surface area contributed by atoms with Gasteiger partial charge in [0.2, 0.25) is 0 Å². The van der Waals surface area contributed by atoms with E-state index in [2.05, 4.69) is 5.32 Å². The number of carbonyl (C=O) groups excluding carboxylic acids is 1. The highest BCUT2D eigenvalue weighted by Crippen LogP contribution is 2.13. The van der Waals surface area contributed by atoms with Crippen LogP contribution in [0, 0.1) is 0 Å². The Labute approximate surface area is 86.1 Å². The van der Waals surface area contributed by atoms with Crippen LogP contribution in [0.25, 0.3) is 0 Å². The molecular formula is C9H13NO5. The number of hydrogen-bond donors (Lipinski definition) is 4. The molecule has 0 saturated heterocycles. The maximum atomic E-state index is 11.0. The van der Waals surface area contributed by atoms with Crippen molar-refractivity contribution in [1.29, 1.82) is 0 Å². The third-order valence-electron chi connectivity index (χ3n) is 1.61. The molecule has 0 aliphatic carbocycles. The van der Waals surface area contributed by atoms with E-state index in [1.165, 1.54) is 24.3 Å². The van der Waals surface area contributed by atoms with Gasteiger partial charge in [0.15, 0.2) is 6.10 Å². The van der Waals surface area contributed by atoms with Gasteiger partial charge < -0.3 is 26.1 Å². The fraction of sp³-hybridized carbons (Fsp3) is 0.222. The molecule has 0 aliphatic heterocycles. The number of phenols is 1. The van der Waals surface area contributed by atoms with E-state index >= 15 is 0 Å². The van der Waals surface area contributed by atoms with E-state index in [0.717, 1.165) is 0 Å². The van der Waals surface area contributed by atoms with Crippen LogP contribution in [0.15, 0.2) is 24.3 Å². The zero-order chi connectivity index (χ0) is 10.6. The minimum Gasteiger partial charge on any atom is -0.508 e. The highest BCUT2D eigenvalue weighted by molar-refractivity contribution is 5.94. The van der Waals surface area contributed by atoms with Crippen molar-refractivity contribution in [1.82, 2.24) is 0 Å². The number of nitrogens with one attached hydrogen (secondary N) is 1. The van der Waals surface area contributed by atoms with Crippen LogP contribution in [0.2, 0.25) is 0 Å². The lowest BCUT2D eigenvalue weighted by atomic mass is 10.3. The minimum absolute atomic E-state index is 0. The van der Waals surface area contributed by atoms with Gasteiger partial charge in [0, 0.05) is 5.69 Å². The standard InChI is InChI=1S/C9H11NO4.H2O/c11-5-8(13)9(14)10-6-1-3-7(12)4-2-6;/h1-4,8,11-13H,5H2,(H,10,14);1H2. The second-order valence-electron chi connectivity index (χ2n) is 2.73. The summed E-state index contributed by atoms with van der Waals surface area (Å²) < 4.78 is 0. The molecular weight excluding hydrogens is 202 g/mol. The largest absolute Gasteiger partial charge is 0.508 e. The smallest absolute Gasteiger partial charge is 0.255 e. The Morgan fingerprint density at radius 3 is 2.33 bits per heavy atom. The normalized spacial score (nSPS) is 11.3. The first-order valence-corrected chi connectivity index (χ1v) is 4.02. The average molecular weight is 215 g/mol. The van der Waals surface area contributed by atoms with Crippen molar-refractivity contribution in [3.05, 3.63) is 24.3 Å². The number of benzene rings is 1. The highest BCUT2D eigenvalue weighted by Gasteiger charge is 2.12. The van der Waals surface area contributed by atoms with E-state index in [0.29, 0.717) is 5.69 Å². The van der Waals surface area contributed by atoms with Gasteiger partial charge in [-0.05, 0) is 24.3 Å². The van der Waals surface area contributed by atoms with Gasteiger partial charge in [-0.15, -0.1) is 0 Å². The van der Waals surface area contributed by atoms with Crippen molar-refractivity contribution >= 4 is 11.6 Å². The van der Waals surface area contributed by atoms with Gasteiger partial charge in [-0.3, -0.25) is 4.79 Å². The molecule has 0 radical (unpaired) electrons. The fourth-order valence-corrected chi connectivity index (χ4v) is 0.853. The number of anilines is 1. The van der Waals surface area contributed by atoms with Crippen molar-refractivity contribution in [2.45, 2.75) is 6.10 Å². The fourth-order valence-electron chi connectivity index (χ4n) is 0.853. The summed E-state index contributed by atoms with van der Waals surface area (Å²) in [5.41, 5.74) is 0.445. The molecule has 0 fully saturated rings. The number of aliphatic hydroxyl groups is 2. The Hall–Kier alpha value is -1.63. The van der Waals surface area contributed by atoms with Crippen LogP contribution in [-0.2, 0) is 4.79 Å². The van der Waals surface area contributed by atoms with Crippen molar-refractivity contribution < 1.29 is 25.6 Å². The Balaban J connectivity index is 0.00000196. The summed E-state index contributed by atoms with van der Waals surface area (Å²) in [7, 11) is 0. The number of aromatic hydroxyl groups is 1. The van der Waals surface area contributed by atoms with Crippen LogP contribution in [0.3, 0.4) is 0 Å². The van der Waals surface area contributed by atoms with E-state index in [1.807, 2.05) is 0 Å². The third-order valence-corrected chi connectivity index (χ3v) is 1.61. The summed E-state index contributed by atoms with van der Waals surface area (Å²) in [4.78, 5) is 11.0. The first kappa shape index (κ1) is 13.4. The number of phenolic OH excluding ortho intramolecular Hbond substituents is 1. The molecule has 1 rings (SSSR count). The molecule has 6 nitrogen and oxygen atoms in total. The lowest BCUT2D eigenvalue weighted by molar-refractivity contribution is -0.125. The zero-order valence-electron chi connectivity index (χ0n) is 7.84. The Morgan fingerprint density at radius 1 is 1.33 bits per heavy atom. The van der Waals surface area contributed by atoms with Gasteiger partial charge in [0.25, 0.3) is 5.91 Å². The highest BCUT2D eigenvalue weighted by atomic mass is 16.3. The SMILES string of the molecule is O.O=C(Nc1ccc(O)cc1)C(O)CO. The van der Waals surface area contributed by atoms with Gasteiger partial charge in [0.05, 0.1) is 6.61 Å². The molecule has 6 heteroatoms. The topological polar surface area (TPSA) is 121 Å². The van der Waals surface area contributed by atoms with Crippen LogP contribution in [0.4, 0.5) is 5.69 Å². The summed E-state index contributed by atoms with van der Waals surface area (Å²) in [5.74, 6) is -0.594. The van der Waals surface area contributed by atoms with Crippen LogP contribution in [-0.4, -0.2) is 39.4 Å². The second kappa shape index (κ2) is 5.97. The average Bonchev–Trinajstić information content (AvgIpc) is 2.20. The molecule has 0 aromatic heterocycles. The predicted octanol–water partition coefficient (Wildman–Crippen LogP) is -1.14. The van der Waals surface area contributed by atoms with E-state index in [1.54, 1.807) is 0 Å². The third kappa shape index (κ3) is 3.94. The Kier molecular flexibility index (Phi) is 5.32. The summed E-state index contributed by atoms with van der Waals surface area (Å²) in [5, 5.41) is 28.7. The van der Waals surface area contributed by atoms with Crippen LogP contribution in [0.1, 0.15) is 0 Å². The molecule has 1 aromatic carbocycles. The molecule has 0 heterocycles. The summed E-state index contributed by atoms with van der Waals surface area (Å²) in [6.45, 7) is -0.621. The number of aliphatic hydroxyl groups excluding tert-OH is 2. The summed E-state index contributed by atoms with van der Waals surface area (Å²) in [6, 6.07) is 5.77. The predicted molar refractivity (Wildman–Crippen MR) is 53.4 cm³/mol. The molecule has 6 N–H and O–H groups in total. The van der Waals surface area contributed by atoms with Gasteiger partial charge in [-0.1, -0.05) is 0 Å². The van der Waals surface area contributed by atoms with Gasteiger partial charge >= 0.3 is 0 Å². The van der Waals surface area contributed by atoms with Crippen LogP contribution >= 0.6 is 0 Å².